The number of hydrogen-bond acceptors (Lipinski definition) is 1. The second kappa shape index (κ2) is 5.66. The van der Waals surface area contributed by atoms with Gasteiger partial charge in [-0.3, -0.25) is 0 Å². The fourth-order valence-electron chi connectivity index (χ4n) is 0.956. The molecule has 14 heavy (non-hydrogen) atoms. The maximum absolute atomic E-state index is 13.2. The summed E-state index contributed by atoms with van der Waals surface area (Å²) in [6.45, 7) is 0. The molecule has 0 unspecified atom stereocenters. The van der Waals surface area contributed by atoms with Crippen LogP contribution >= 0.6 is 15.9 Å². The minimum atomic E-state index is -0.377. The van der Waals surface area contributed by atoms with Crippen LogP contribution in [-0.2, 0) is 0 Å². The van der Waals surface area contributed by atoms with E-state index in [0.29, 0.717) is 5.56 Å². The molecule has 0 N–H and O–H groups in total. The Morgan fingerprint density at radius 1 is 1.50 bits per heavy atom. The molecule has 0 bridgehead atoms. The fourth-order valence-corrected chi connectivity index (χ4v) is 1.15. The molecule has 0 spiro atoms. The third-order valence-electron chi connectivity index (χ3n) is 1.60. The lowest BCUT2D eigenvalue weighted by Crippen LogP contribution is -1.88. The van der Waals surface area contributed by atoms with Crippen LogP contribution < -0.4 is 4.74 Å². The van der Waals surface area contributed by atoms with Gasteiger partial charge in [-0.25, -0.2) is 4.39 Å². The van der Waals surface area contributed by atoms with Gasteiger partial charge in [-0.05, 0) is 18.2 Å². The van der Waals surface area contributed by atoms with Crippen LogP contribution in [0.2, 0.25) is 0 Å². The zero-order valence-corrected chi connectivity index (χ0v) is 9.40. The molecular formula is C11H10BrFO. The maximum Gasteiger partial charge on any atom is 0.166 e. The van der Waals surface area contributed by atoms with E-state index in [2.05, 4.69) is 27.8 Å². The van der Waals surface area contributed by atoms with Crippen LogP contribution in [0.3, 0.4) is 0 Å². The molecule has 1 aromatic rings. The van der Waals surface area contributed by atoms with E-state index in [1.54, 1.807) is 12.1 Å². The molecule has 1 aromatic carbocycles. The summed E-state index contributed by atoms with van der Waals surface area (Å²) in [5.41, 5.74) is 0.671. The molecular weight excluding hydrogens is 247 g/mol. The predicted octanol–water partition coefficient (Wildman–Crippen LogP) is 2.97. The highest BCUT2D eigenvalue weighted by molar-refractivity contribution is 9.09. The Morgan fingerprint density at radius 2 is 2.29 bits per heavy atom. The zero-order chi connectivity index (χ0) is 10.4. The van der Waals surface area contributed by atoms with Gasteiger partial charge in [0.15, 0.2) is 11.6 Å². The highest BCUT2D eigenvalue weighted by Crippen LogP contribution is 2.16. The summed E-state index contributed by atoms with van der Waals surface area (Å²) in [5.74, 6) is 5.64. The van der Waals surface area contributed by atoms with Crippen molar-refractivity contribution < 1.29 is 9.13 Å². The molecule has 0 atom stereocenters. The first-order chi connectivity index (χ1) is 6.77. The van der Waals surface area contributed by atoms with E-state index in [0.717, 1.165) is 11.8 Å². The topological polar surface area (TPSA) is 9.23 Å². The van der Waals surface area contributed by atoms with Crippen molar-refractivity contribution in [2.45, 2.75) is 6.42 Å². The number of methoxy groups -OCH3 is 1. The molecule has 0 saturated heterocycles. The molecule has 1 rings (SSSR count). The molecule has 0 amide bonds. The Balaban J connectivity index is 2.82. The van der Waals surface area contributed by atoms with Gasteiger partial charge in [-0.2, -0.15) is 0 Å². The van der Waals surface area contributed by atoms with Crippen molar-refractivity contribution in [2.24, 2.45) is 0 Å². The first kappa shape index (κ1) is 11.1. The third kappa shape index (κ3) is 3.04. The number of benzene rings is 1. The van der Waals surface area contributed by atoms with E-state index in [-0.39, 0.29) is 11.6 Å². The van der Waals surface area contributed by atoms with Crippen molar-refractivity contribution >= 4 is 15.9 Å². The Bertz CT molecular complexity index is 365. The normalized spacial score (nSPS) is 9.07. The predicted molar refractivity (Wildman–Crippen MR) is 58.2 cm³/mol. The van der Waals surface area contributed by atoms with Crippen LogP contribution in [0.25, 0.3) is 0 Å². The van der Waals surface area contributed by atoms with Crippen LogP contribution in [0.5, 0.6) is 5.75 Å². The number of halogens is 2. The smallest absolute Gasteiger partial charge is 0.166 e. The summed E-state index contributed by atoms with van der Waals surface area (Å²) in [4.78, 5) is 0. The van der Waals surface area contributed by atoms with E-state index in [1.807, 2.05) is 0 Å². The summed E-state index contributed by atoms with van der Waals surface area (Å²) >= 11 is 3.26. The van der Waals surface area contributed by atoms with Gasteiger partial charge in [0.2, 0.25) is 0 Å². The zero-order valence-electron chi connectivity index (χ0n) is 7.81. The van der Waals surface area contributed by atoms with Gasteiger partial charge in [-0.1, -0.05) is 27.8 Å². The molecule has 0 heterocycles. The fraction of sp³-hybridized carbons (Fsp3) is 0.273. The molecule has 74 valence electrons. The van der Waals surface area contributed by atoms with Gasteiger partial charge in [-0.15, -0.1) is 0 Å². The molecule has 0 saturated carbocycles. The van der Waals surface area contributed by atoms with E-state index in [1.165, 1.54) is 13.2 Å². The lowest BCUT2D eigenvalue weighted by molar-refractivity contribution is 0.386. The summed E-state index contributed by atoms with van der Waals surface area (Å²) in [5, 5.41) is 0.832. The van der Waals surface area contributed by atoms with E-state index in [9.17, 15) is 4.39 Å². The monoisotopic (exact) mass is 256 g/mol. The SMILES string of the molecule is COc1ccc(C#CCCBr)cc1F. The van der Waals surface area contributed by atoms with Gasteiger partial charge < -0.3 is 4.74 Å². The Kier molecular flexibility index (Phi) is 4.48. The molecule has 3 heteroatoms. The number of hydrogen-bond donors (Lipinski definition) is 0. The molecule has 0 aliphatic heterocycles. The molecule has 0 aliphatic carbocycles. The van der Waals surface area contributed by atoms with Crippen molar-refractivity contribution in [3.05, 3.63) is 29.6 Å². The van der Waals surface area contributed by atoms with Crippen molar-refractivity contribution in [3.63, 3.8) is 0 Å². The Morgan fingerprint density at radius 3 is 2.86 bits per heavy atom. The van der Waals surface area contributed by atoms with Crippen LogP contribution in [0, 0.1) is 17.7 Å². The first-order valence-electron chi connectivity index (χ1n) is 4.16. The summed E-state index contributed by atoms with van der Waals surface area (Å²) in [6.07, 6.45) is 0.758. The average Bonchev–Trinajstić information content (AvgIpc) is 2.18. The average molecular weight is 257 g/mol. The van der Waals surface area contributed by atoms with E-state index < -0.39 is 0 Å². The molecule has 0 aromatic heterocycles. The standard InChI is InChI=1S/C11H10BrFO/c1-14-11-6-5-9(8-10(11)13)4-2-3-7-12/h5-6,8H,3,7H2,1H3. The minimum absolute atomic E-state index is 0.246. The van der Waals surface area contributed by atoms with Gasteiger partial charge in [0, 0.05) is 17.3 Å². The molecule has 1 nitrogen and oxygen atoms in total. The van der Waals surface area contributed by atoms with Crippen molar-refractivity contribution in [2.75, 3.05) is 12.4 Å². The van der Waals surface area contributed by atoms with Crippen LogP contribution in [0.15, 0.2) is 18.2 Å². The van der Waals surface area contributed by atoms with Crippen molar-refractivity contribution in [3.8, 4) is 17.6 Å². The summed E-state index contributed by atoms with van der Waals surface area (Å²) in [7, 11) is 1.44. The third-order valence-corrected chi connectivity index (χ3v) is 2.00. The molecule has 0 fully saturated rings. The quantitative estimate of drug-likeness (QED) is 0.584. The number of ether oxygens (including phenoxy) is 1. The van der Waals surface area contributed by atoms with Crippen molar-refractivity contribution in [1.82, 2.24) is 0 Å². The lowest BCUT2D eigenvalue weighted by Gasteiger charge is -2.00. The highest BCUT2D eigenvalue weighted by atomic mass is 79.9. The first-order valence-corrected chi connectivity index (χ1v) is 5.28. The maximum atomic E-state index is 13.2. The minimum Gasteiger partial charge on any atom is -0.494 e. The van der Waals surface area contributed by atoms with E-state index >= 15 is 0 Å². The van der Waals surface area contributed by atoms with Gasteiger partial charge in [0.05, 0.1) is 7.11 Å². The Labute approximate surface area is 91.4 Å². The molecule has 0 radical (unpaired) electrons. The van der Waals surface area contributed by atoms with Crippen LogP contribution in [0.1, 0.15) is 12.0 Å². The summed E-state index contributed by atoms with van der Waals surface area (Å²) < 4.78 is 18.0. The summed E-state index contributed by atoms with van der Waals surface area (Å²) in [6, 6.07) is 4.69. The van der Waals surface area contributed by atoms with Gasteiger partial charge in [0.1, 0.15) is 0 Å². The lowest BCUT2D eigenvalue weighted by atomic mass is 10.2. The van der Waals surface area contributed by atoms with Gasteiger partial charge in [0.25, 0.3) is 0 Å². The largest absolute Gasteiger partial charge is 0.494 e. The highest BCUT2D eigenvalue weighted by Gasteiger charge is 2.00. The molecule has 0 aliphatic rings. The van der Waals surface area contributed by atoms with Gasteiger partial charge >= 0.3 is 0 Å². The number of alkyl halides is 1. The van der Waals surface area contributed by atoms with E-state index in [4.69, 9.17) is 4.74 Å². The van der Waals surface area contributed by atoms with Crippen LogP contribution in [0.4, 0.5) is 4.39 Å². The van der Waals surface area contributed by atoms with Crippen molar-refractivity contribution in [1.29, 1.82) is 0 Å². The van der Waals surface area contributed by atoms with Crippen LogP contribution in [-0.4, -0.2) is 12.4 Å². The Hall–Kier alpha value is -1.01. The second-order valence-electron chi connectivity index (χ2n) is 2.59. The number of rotatable bonds is 2. The second-order valence-corrected chi connectivity index (χ2v) is 3.38.